The van der Waals surface area contributed by atoms with Gasteiger partial charge in [0.1, 0.15) is 11.3 Å². The molecule has 2 aromatic heterocycles. The van der Waals surface area contributed by atoms with E-state index in [2.05, 4.69) is 10.3 Å². The zero-order valence-electron chi connectivity index (χ0n) is 13.9. The standard InChI is InChI=1S/C20H15N3O3/c24-20(23-9-8-18-15(12-23)11-21-25-18)14-6-7-17-16(10-14)19(26-22-17)13-4-2-1-3-5-13/h1-7,10-11H,8-9,12H2. The minimum Gasteiger partial charge on any atom is -0.361 e. The van der Waals surface area contributed by atoms with Gasteiger partial charge in [-0.15, -0.1) is 0 Å². The van der Waals surface area contributed by atoms with E-state index in [1.165, 1.54) is 0 Å². The fraction of sp³-hybridized carbons (Fsp3) is 0.150. The van der Waals surface area contributed by atoms with Gasteiger partial charge in [0, 0.05) is 29.7 Å². The predicted molar refractivity (Wildman–Crippen MR) is 94.4 cm³/mol. The van der Waals surface area contributed by atoms with E-state index in [1.54, 1.807) is 12.3 Å². The largest absolute Gasteiger partial charge is 0.361 e. The van der Waals surface area contributed by atoms with Crippen molar-refractivity contribution in [2.75, 3.05) is 6.54 Å². The molecule has 0 radical (unpaired) electrons. The van der Waals surface area contributed by atoms with Gasteiger partial charge in [-0.25, -0.2) is 0 Å². The lowest BCUT2D eigenvalue weighted by molar-refractivity contribution is 0.0729. The molecule has 26 heavy (non-hydrogen) atoms. The van der Waals surface area contributed by atoms with E-state index in [-0.39, 0.29) is 5.91 Å². The van der Waals surface area contributed by atoms with Crippen LogP contribution in [0, 0.1) is 0 Å². The SMILES string of the molecule is O=C(c1ccc2noc(-c3ccccc3)c2c1)N1CCc2oncc2C1. The summed E-state index contributed by atoms with van der Waals surface area (Å²) >= 11 is 0. The van der Waals surface area contributed by atoms with Gasteiger partial charge < -0.3 is 13.9 Å². The molecule has 6 nitrogen and oxygen atoms in total. The summed E-state index contributed by atoms with van der Waals surface area (Å²) < 4.78 is 10.7. The minimum absolute atomic E-state index is 0.0149. The second-order valence-electron chi connectivity index (χ2n) is 6.36. The molecular formula is C20H15N3O3. The lowest BCUT2D eigenvalue weighted by Crippen LogP contribution is -2.35. The summed E-state index contributed by atoms with van der Waals surface area (Å²) in [7, 11) is 0. The molecule has 2 aromatic carbocycles. The van der Waals surface area contributed by atoms with Crippen LogP contribution < -0.4 is 0 Å². The van der Waals surface area contributed by atoms with Crippen molar-refractivity contribution in [3.05, 3.63) is 71.6 Å². The number of fused-ring (bicyclic) bond motifs is 2. The van der Waals surface area contributed by atoms with Crippen molar-refractivity contribution in [1.82, 2.24) is 15.2 Å². The molecule has 0 aliphatic carbocycles. The molecule has 0 saturated carbocycles. The van der Waals surface area contributed by atoms with Crippen molar-refractivity contribution in [3.8, 4) is 11.3 Å². The van der Waals surface area contributed by atoms with Crippen LogP contribution in [-0.4, -0.2) is 27.7 Å². The highest BCUT2D eigenvalue weighted by Crippen LogP contribution is 2.30. The smallest absolute Gasteiger partial charge is 0.254 e. The molecule has 3 heterocycles. The molecule has 0 fully saturated rings. The topological polar surface area (TPSA) is 72.4 Å². The quantitative estimate of drug-likeness (QED) is 0.554. The van der Waals surface area contributed by atoms with Crippen molar-refractivity contribution < 1.29 is 13.8 Å². The Labute approximate surface area is 149 Å². The van der Waals surface area contributed by atoms with Crippen molar-refractivity contribution in [2.24, 2.45) is 0 Å². The van der Waals surface area contributed by atoms with Gasteiger partial charge in [-0.2, -0.15) is 0 Å². The van der Waals surface area contributed by atoms with Crippen molar-refractivity contribution in [1.29, 1.82) is 0 Å². The van der Waals surface area contributed by atoms with Crippen LogP contribution in [0.2, 0.25) is 0 Å². The number of carbonyl (C=O) groups is 1. The molecule has 6 heteroatoms. The molecule has 0 N–H and O–H groups in total. The Balaban J connectivity index is 1.51. The Bertz CT molecular complexity index is 1100. The van der Waals surface area contributed by atoms with Crippen LogP contribution in [0.4, 0.5) is 0 Å². The van der Waals surface area contributed by atoms with Crippen LogP contribution in [0.5, 0.6) is 0 Å². The first-order valence-electron chi connectivity index (χ1n) is 8.46. The number of nitrogens with zero attached hydrogens (tertiary/aromatic N) is 3. The highest BCUT2D eigenvalue weighted by Gasteiger charge is 2.25. The molecule has 4 aromatic rings. The number of rotatable bonds is 2. The second-order valence-corrected chi connectivity index (χ2v) is 6.36. The summed E-state index contributed by atoms with van der Waals surface area (Å²) in [5, 5.41) is 8.76. The second kappa shape index (κ2) is 5.84. The van der Waals surface area contributed by atoms with Gasteiger partial charge in [0.05, 0.1) is 18.1 Å². The van der Waals surface area contributed by atoms with Crippen molar-refractivity contribution in [3.63, 3.8) is 0 Å². The molecule has 0 unspecified atom stereocenters. The van der Waals surface area contributed by atoms with E-state index in [0.717, 1.165) is 27.8 Å². The molecule has 128 valence electrons. The number of carbonyl (C=O) groups excluding carboxylic acids is 1. The summed E-state index contributed by atoms with van der Waals surface area (Å²) in [5.41, 5.74) is 3.27. The summed E-state index contributed by atoms with van der Waals surface area (Å²) in [6, 6.07) is 15.3. The van der Waals surface area contributed by atoms with Gasteiger partial charge in [-0.1, -0.05) is 40.6 Å². The maximum absolute atomic E-state index is 13.0. The molecule has 0 spiro atoms. The number of hydrogen-bond acceptors (Lipinski definition) is 5. The Morgan fingerprint density at radius 2 is 1.96 bits per heavy atom. The minimum atomic E-state index is -0.0149. The fourth-order valence-corrected chi connectivity index (χ4v) is 3.37. The molecule has 0 saturated heterocycles. The molecule has 1 aliphatic rings. The number of aromatic nitrogens is 2. The van der Waals surface area contributed by atoms with Gasteiger partial charge in [0.15, 0.2) is 5.76 Å². The lowest BCUT2D eigenvalue weighted by Gasteiger charge is -2.25. The van der Waals surface area contributed by atoms with Gasteiger partial charge in [0.25, 0.3) is 5.91 Å². The number of amides is 1. The maximum Gasteiger partial charge on any atom is 0.254 e. The highest BCUT2D eigenvalue weighted by atomic mass is 16.5. The molecule has 1 amide bonds. The number of hydrogen-bond donors (Lipinski definition) is 0. The van der Waals surface area contributed by atoms with E-state index in [1.807, 2.05) is 47.4 Å². The van der Waals surface area contributed by atoms with Gasteiger partial charge in [-0.3, -0.25) is 4.79 Å². The van der Waals surface area contributed by atoms with Gasteiger partial charge >= 0.3 is 0 Å². The normalized spacial score (nSPS) is 13.8. The van der Waals surface area contributed by atoms with Crippen LogP contribution >= 0.6 is 0 Å². The Hall–Kier alpha value is -3.41. The molecule has 5 rings (SSSR count). The summed E-state index contributed by atoms with van der Waals surface area (Å²) in [5.74, 6) is 1.53. The van der Waals surface area contributed by atoms with E-state index in [4.69, 9.17) is 9.05 Å². The van der Waals surface area contributed by atoms with Crippen LogP contribution in [0.25, 0.3) is 22.2 Å². The van der Waals surface area contributed by atoms with E-state index < -0.39 is 0 Å². The van der Waals surface area contributed by atoms with Crippen LogP contribution in [-0.2, 0) is 13.0 Å². The van der Waals surface area contributed by atoms with E-state index in [9.17, 15) is 4.79 Å². The average molecular weight is 345 g/mol. The average Bonchev–Trinajstić information content (AvgIpc) is 3.33. The first-order valence-corrected chi connectivity index (χ1v) is 8.46. The predicted octanol–water partition coefficient (Wildman–Crippen LogP) is 3.68. The molecule has 1 aliphatic heterocycles. The third-order valence-corrected chi connectivity index (χ3v) is 4.75. The van der Waals surface area contributed by atoms with Crippen molar-refractivity contribution in [2.45, 2.75) is 13.0 Å². The van der Waals surface area contributed by atoms with Crippen LogP contribution in [0.1, 0.15) is 21.7 Å². The van der Waals surface area contributed by atoms with E-state index in [0.29, 0.717) is 30.8 Å². The van der Waals surface area contributed by atoms with Crippen LogP contribution in [0.15, 0.2) is 63.8 Å². The zero-order chi connectivity index (χ0) is 17.5. The van der Waals surface area contributed by atoms with Gasteiger partial charge in [-0.05, 0) is 18.2 Å². The van der Waals surface area contributed by atoms with Crippen molar-refractivity contribution >= 4 is 16.8 Å². The zero-order valence-corrected chi connectivity index (χ0v) is 13.9. The third kappa shape index (κ3) is 2.38. The Morgan fingerprint density at radius 3 is 2.85 bits per heavy atom. The lowest BCUT2D eigenvalue weighted by atomic mass is 10.0. The van der Waals surface area contributed by atoms with Crippen LogP contribution in [0.3, 0.4) is 0 Å². The van der Waals surface area contributed by atoms with E-state index >= 15 is 0 Å². The first kappa shape index (κ1) is 14.9. The molecule has 0 atom stereocenters. The monoisotopic (exact) mass is 345 g/mol. The molecule has 0 bridgehead atoms. The first-order chi connectivity index (χ1) is 12.8. The van der Waals surface area contributed by atoms with Gasteiger partial charge in [0.2, 0.25) is 0 Å². The maximum atomic E-state index is 13.0. The molecular weight excluding hydrogens is 330 g/mol. The number of benzene rings is 2. The summed E-state index contributed by atoms with van der Waals surface area (Å²) in [4.78, 5) is 14.8. The highest BCUT2D eigenvalue weighted by molar-refractivity contribution is 6.01. The summed E-state index contributed by atoms with van der Waals surface area (Å²) in [6.07, 6.45) is 2.37. The Kier molecular flexibility index (Phi) is 3.35. The fourth-order valence-electron chi connectivity index (χ4n) is 3.37. The summed E-state index contributed by atoms with van der Waals surface area (Å²) in [6.45, 7) is 1.14. The Morgan fingerprint density at radius 1 is 1.08 bits per heavy atom. The third-order valence-electron chi connectivity index (χ3n) is 4.75.